The number of pyridine rings is 1. The maximum absolute atomic E-state index is 12.1. The third-order valence-corrected chi connectivity index (χ3v) is 5.21. The van der Waals surface area contributed by atoms with Crippen LogP contribution in [0, 0.1) is 5.92 Å². The normalized spacial score (nSPS) is 19.6. The number of nitrogens with zero attached hydrogens (tertiary/aromatic N) is 2. The number of aromatic nitrogens is 1. The number of rotatable bonds is 7. The Labute approximate surface area is 173 Å². The molecule has 30 heavy (non-hydrogen) atoms. The van der Waals surface area contributed by atoms with Gasteiger partial charge in [-0.25, -0.2) is 9.78 Å². The predicted octanol–water partition coefficient (Wildman–Crippen LogP) is 3.29. The van der Waals surface area contributed by atoms with Gasteiger partial charge in [-0.05, 0) is 31.2 Å². The number of carbonyl (C=O) groups is 2. The number of amides is 1. The highest BCUT2D eigenvalue weighted by Crippen LogP contribution is 2.41. The van der Waals surface area contributed by atoms with Gasteiger partial charge < -0.3 is 19.5 Å². The number of hydrogen-bond acceptors (Lipinski definition) is 5. The summed E-state index contributed by atoms with van der Waals surface area (Å²) in [4.78, 5) is 27.1. The van der Waals surface area contributed by atoms with Crippen LogP contribution in [0.4, 0.5) is 13.2 Å². The molecule has 0 aromatic carbocycles. The maximum Gasteiger partial charge on any atom is 0.490 e. The molecule has 168 valence electrons. The van der Waals surface area contributed by atoms with Crippen LogP contribution in [0.3, 0.4) is 0 Å². The Kier molecular flexibility index (Phi) is 8.45. The van der Waals surface area contributed by atoms with E-state index in [1.807, 2.05) is 23.1 Å². The van der Waals surface area contributed by atoms with Crippen LogP contribution < -0.4 is 4.74 Å². The number of carboxylic acids is 1. The van der Waals surface area contributed by atoms with Crippen molar-refractivity contribution in [3.8, 4) is 5.88 Å². The van der Waals surface area contributed by atoms with Gasteiger partial charge >= 0.3 is 12.1 Å². The second kappa shape index (κ2) is 10.6. The van der Waals surface area contributed by atoms with E-state index in [0.717, 1.165) is 45.4 Å². The number of unbranched alkanes of at least 4 members (excludes halogenated alkanes) is 1. The largest absolute Gasteiger partial charge is 0.490 e. The summed E-state index contributed by atoms with van der Waals surface area (Å²) >= 11 is 0. The van der Waals surface area contributed by atoms with Crippen LogP contribution in [0.2, 0.25) is 0 Å². The first-order valence-electron chi connectivity index (χ1n) is 9.93. The molecule has 2 aliphatic heterocycles. The van der Waals surface area contributed by atoms with E-state index in [1.165, 1.54) is 0 Å². The molecule has 0 bridgehead atoms. The molecule has 1 aromatic rings. The van der Waals surface area contributed by atoms with E-state index in [-0.39, 0.29) is 11.5 Å². The minimum Gasteiger partial charge on any atom is -0.478 e. The Balaban J connectivity index is 0.000000396. The van der Waals surface area contributed by atoms with Crippen molar-refractivity contribution in [2.45, 2.75) is 50.8 Å². The van der Waals surface area contributed by atoms with Crippen LogP contribution in [0.15, 0.2) is 24.4 Å². The fourth-order valence-corrected chi connectivity index (χ4v) is 3.54. The third-order valence-electron chi connectivity index (χ3n) is 5.21. The van der Waals surface area contributed by atoms with Gasteiger partial charge in [-0.2, -0.15) is 13.2 Å². The van der Waals surface area contributed by atoms with Crippen molar-refractivity contribution in [1.29, 1.82) is 0 Å². The molecule has 0 radical (unpaired) electrons. The average Bonchev–Trinajstić information content (AvgIpc) is 3.09. The number of carboxylic acid groups (broad SMARTS) is 1. The maximum atomic E-state index is 12.1. The van der Waals surface area contributed by atoms with Gasteiger partial charge in [-0.3, -0.25) is 4.79 Å². The zero-order valence-corrected chi connectivity index (χ0v) is 16.9. The summed E-state index contributed by atoms with van der Waals surface area (Å²) in [6, 6.07) is 5.68. The molecule has 3 heterocycles. The molecule has 2 saturated heterocycles. The van der Waals surface area contributed by atoms with Crippen molar-refractivity contribution in [1.82, 2.24) is 9.88 Å². The number of carbonyl (C=O) groups excluding carboxylic acids is 1. The first-order chi connectivity index (χ1) is 14.2. The van der Waals surface area contributed by atoms with E-state index in [2.05, 4.69) is 11.9 Å². The molecule has 3 rings (SSSR count). The summed E-state index contributed by atoms with van der Waals surface area (Å²) in [7, 11) is 0. The molecule has 1 spiro atoms. The van der Waals surface area contributed by atoms with Crippen molar-refractivity contribution in [3.63, 3.8) is 0 Å². The van der Waals surface area contributed by atoms with Crippen molar-refractivity contribution in [2.75, 3.05) is 26.3 Å². The molecule has 1 atom stereocenters. The van der Waals surface area contributed by atoms with Crippen LogP contribution >= 0.6 is 0 Å². The molecule has 10 heteroatoms. The van der Waals surface area contributed by atoms with Crippen LogP contribution in [0.1, 0.15) is 39.0 Å². The Hall–Kier alpha value is -2.36. The quantitative estimate of drug-likeness (QED) is 0.711. The highest BCUT2D eigenvalue weighted by molar-refractivity contribution is 5.77. The van der Waals surface area contributed by atoms with E-state index in [0.29, 0.717) is 24.8 Å². The summed E-state index contributed by atoms with van der Waals surface area (Å²) in [5.41, 5.74) is -0.116. The van der Waals surface area contributed by atoms with E-state index in [1.54, 1.807) is 6.20 Å². The second-order valence-electron chi connectivity index (χ2n) is 7.36. The van der Waals surface area contributed by atoms with Crippen molar-refractivity contribution >= 4 is 11.9 Å². The van der Waals surface area contributed by atoms with Crippen LogP contribution in [-0.2, 0) is 14.3 Å². The summed E-state index contributed by atoms with van der Waals surface area (Å²) < 4.78 is 43.5. The number of aliphatic carboxylic acids is 1. The number of likely N-dealkylation sites (tertiary alicyclic amines) is 1. The van der Waals surface area contributed by atoms with Gasteiger partial charge in [-0.1, -0.05) is 19.4 Å². The zero-order valence-electron chi connectivity index (χ0n) is 16.9. The van der Waals surface area contributed by atoms with Crippen molar-refractivity contribution < 1.29 is 37.3 Å². The fourth-order valence-electron chi connectivity index (χ4n) is 3.54. The molecular formula is C20H27F3N2O5. The van der Waals surface area contributed by atoms with Crippen LogP contribution in [0.25, 0.3) is 0 Å². The number of hydrogen-bond donors (Lipinski definition) is 1. The van der Waals surface area contributed by atoms with Gasteiger partial charge in [0, 0.05) is 25.3 Å². The van der Waals surface area contributed by atoms with Gasteiger partial charge in [0.15, 0.2) is 0 Å². The van der Waals surface area contributed by atoms with E-state index < -0.39 is 12.1 Å². The monoisotopic (exact) mass is 432 g/mol. The number of ether oxygens (including phenoxy) is 2. The minimum absolute atomic E-state index is 0.116. The first-order valence-corrected chi connectivity index (χ1v) is 9.93. The summed E-state index contributed by atoms with van der Waals surface area (Å²) in [5.74, 6) is -1.34. The topological polar surface area (TPSA) is 89.0 Å². The molecule has 1 unspecified atom stereocenters. The average molecular weight is 432 g/mol. The lowest BCUT2D eigenvalue weighted by Crippen LogP contribution is -2.66. The van der Waals surface area contributed by atoms with E-state index in [4.69, 9.17) is 19.4 Å². The number of halogens is 3. The fraction of sp³-hybridized carbons (Fsp3) is 0.650. The first kappa shape index (κ1) is 23.9. The summed E-state index contributed by atoms with van der Waals surface area (Å²) in [5, 5.41) is 7.12. The SMILES string of the molecule is CCCCC(=O)N1CC2(C1)OCCC2CCOc1ccccn1.O=C(O)C(F)(F)F. The summed E-state index contributed by atoms with van der Waals surface area (Å²) in [6.07, 6.45) is 1.37. The molecular weight excluding hydrogens is 405 g/mol. The molecule has 1 amide bonds. The zero-order chi connectivity index (χ0) is 22.2. The minimum atomic E-state index is -5.08. The van der Waals surface area contributed by atoms with E-state index >= 15 is 0 Å². The lowest BCUT2D eigenvalue weighted by molar-refractivity contribution is -0.192. The van der Waals surface area contributed by atoms with Gasteiger partial charge in [0.05, 0.1) is 19.7 Å². The van der Waals surface area contributed by atoms with Crippen LogP contribution in [-0.4, -0.2) is 64.9 Å². The molecule has 2 fully saturated rings. The molecule has 1 aromatic heterocycles. The Bertz CT molecular complexity index is 693. The van der Waals surface area contributed by atoms with Crippen molar-refractivity contribution in [3.05, 3.63) is 24.4 Å². The predicted molar refractivity (Wildman–Crippen MR) is 101 cm³/mol. The third kappa shape index (κ3) is 6.58. The van der Waals surface area contributed by atoms with Gasteiger partial charge in [0.2, 0.25) is 11.8 Å². The molecule has 7 nitrogen and oxygen atoms in total. The molecule has 0 aliphatic carbocycles. The van der Waals surface area contributed by atoms with Gasteiger partial charge in [0.25, 0.3) is 0 Å². The smallest absolute Gasteiger partial charge is 0.478 e. The van der Waals surface area contributed by atoms with Gasteiger partial charge in [-0.15, -0.1) is 0 Å². The number of alkyl halides is 3. The molecule has 1 N–H and O–H groups in total. The van der Waals surface area contributed by atoms with Gasteiger partial charge in [0.1, 0.15) is 5.60 Å². The lowest BCUT2D eigenvalue weighted by Gasteiger charge is -2.50. The highest BCUT2D eigenvalue weighted by Gasteiger charge is 2.53. The van der Waals surface area contributed by atoms with Crippen molar-refractivity contribution in [2.24, 2.45) is 5.92 Å². The Morgan fingerprint density at radius 1 is 1.37 bits per heavy atom. The standard InChI is InChI=1S/C18H26N2O3.C2HF3O2/c1-2-3-7-17(21)20-13-18(14-20)15(9-12-23-18)8-11-22-16-6-4-5-10-19-16;3-2(4,5)1(6)7/h4-6,10,15H,2-3,7-9,11-14H2,1H3;(H,6,7). The Morgan fingerprint density at radius 2 is 2.07 bits per heavy atom. The summed E-state index contributed by atoms with van der Waals surface area (Å²) in [6.45, 7) is 5.07. The second-order valence-corrected chi connectivity index (χ2v) is 7.36. The van der Waals surface area contributed by atoms with Crippen LogP contribution in [0.5, 0.6) is 5.88 Å². The van der Waals surface area contributed by atoms with E-state index in [9.17, 15) is 18.0 Å². The Morgan fingerprint density at radius 3 is 2.63 bits per heavy atom. The molecule has 0 saturated carbocycles. The highest BCUT2D eigenvalue weighted by atomic mass is 19.4. The lowest BCUT2D eigenvalue weighted by atomic mass is 9.79. The molecule has 2 aliphatic rings.